The molecule has 1 aliphatic heterocycles. The monoisotopic (exact) mass is 200 g/mol. The van der Waals surface area contributed by atoms with Gasteiger partial charge in [-0.05, 0) is 27.2 Å². The van der Waals surface area contributed by atoms with Crippen molar-refractivity contribution in [3.8, 4) is 0 Å². The molecule has 0 aromatic carbocycles. The second kappa shape index (κ2) is 4.30. The molecular formula is C11H20O3. The third-order valence-corrected chi connectivity index (χ3v) is 2.57. The van der Waals surface area contributed by atoms with Crippen molar-refractivity contribution in [3.05, 3.63) is 0 Å². The van der Waals surface area contributed by atoms with Gasteiger partial charge in [-0.25, -0.2) is 0 Å². The Bertz CT molecular complexity index is 203. The van der Waals surface area contributed by atoms with Crippen LogP contribution in [0.4, 0.5) is 0 Å². The van der Waals surface area contributed by atoms with E-state index in [0.29, 0.717) is 12.5 Å². The highest BCUT2D eigenvalue weighted by atomic mass is 16.6. The predicted octanol–water partition coefficient (Wildman–Crippen LogP) is 2.00. The minimum atomic E-state index is -0.411. The summed E-state index contributed by atoms with van der Waals surface area (Å²) in [4.78, 5) is 11.4. The van der Waals surface area contributed by atoms with Gasteiger partial charge in [0.1, 0.15) is 6.61 Å². The van der Waals surface area contributed by atoms with Crippen LogP contribution in [0.25, 0.3) is 0 Å². The summed E-state index contributed by atoms with van der Waals surface area (Å²) < 4.78 is 10.5. The molecule has 14 heavy (non-hydrogen) atoms. The fourth-order valence-corrected chi connectivity index (χ4v) is 1.31. The Morgan fingerprint density at radius 2 is 2.14 bits per heavy atom. The minimum absolute atomic E-state index is 0.131. The highest BCUT2D eigenvalue weighted by Crippen LogP contribution is 2.24. The molecule has 0 spiro atoms. The first-order chi connectivity index (χ1) is 6.45. The summed E-state index contributed by atoms with van der Waals surface area (Å²) in [5.74, 6) is 0.422. The van der Waals surface area contributed by atoms with Crippen LogP contribution in [0, 0.1) is 11.3 Å². The normalized spacial score (nSPS) is 26.9. The highest BCUT2D eigenvalue weighted by Gasteiger charge is 2.33. The lowest BCUT2D eigenvalue weighted by Crippen LogP contribution is -2.43. The minimum Gasteiger partial charge on any atom is -0.463 e. The number of carbonyl (C=O) groups is 1. The Morgan fingerprint density at radius 3 is 2.50 bits per heavy atom. The maximum Gasteiger partial charge on any atom is 0.311 e. The molecule has 1 heterocycles. The Labute approximate surface area is 85.8 Å². The molecule has 0 aromatic heterocycles. The van der Waals surface area contributed by atoms with E-state index in [1.807, 2.05) is 20.8 Å². The van der Waals surface area contributed by atoms with Crippen LogP contribution in [0.2, 0.25) is 0 Å². The average molecular weight is 200 g/mol. The van der Waals surface area contributed by atoms with Crippen molar-refractivity contribution in [1.82, 2.24) is 0 Å². The summed E-state index contributed by atoms with van der Waals surface area (Å²) >= 11 is 0. The van der Waals surface area contributed by atoms with E-state index in [2.05, 4.69) is 6.92 Å². The van der Waals surface area contributed by atoms with Crippen molar-refractivity contribution >= 4 is 5.97 Å². The Balaban J connectivity index is 2.24. The van der Waals surface area contributed by atoms with Gasteiger partial charge in [-0.15, -0.1) is 0 Å². The standard InChI is InChI=1S/C11H20O3/c1-5-8-6-13-9(8)7-14-10(12)11(2,3)4/h8-9H,5-7H2,1-4H3. The summed E-state index contributed by atoms with van der Waals surface area (Å²) in [5, 5.41) is 0. The van der Waals surface area contributed by atoms with Crippen molar-refractivity contribution < 1.29 is 14.3 Å². The van der Waals surface area contributed by atoms with Crippen molar-refractivity contribution in [3.63, 3.8) is 0 Å². The van der Waals surface area contributed by atoms with Crippen LogP contribution < -0.4 is 0 Å². The van der Waals surface area contributed by atoms with Gasteiger partial charge >= 0.3 is 5.97 Å². The molecule has 1 aliphatic rings. The molecule has 3 nitrogen and oxygen atoms in total. The first kappa shape index (κ1) is 11.5. The molecule has 0 saturated carbocycles. The molecule has 0 amide bonds. The van der Waals surface area contributed by atoms with Crippen LogP contribution >= 0.6 is 0 Å². The fraction of sp³-hybridized carbons (Fsp3) is 0.909. The van der Waals surface area contributed by atoms with E-state index < -0.39 is 5.41 Å². The van der Waals surface area contributed by atoms with Crippen LogP contribution in [-0.2, 0) is 14.3 Å². The van der Waals surface area contributed by atoms with Crippen molar-refractivity contribution in [2.24, 2.45) is 11.3 Å². The third kappa shape index (κ3) is 2.71. The van der Waals surface area contributed by atoms with Gasteiger partial charge in [0.15, 0.2) is 0 Å². The van der Waals surface area contributed by atoms with Crippen LogP contribution in [-0.4, -0.2) is 25.3 Å². The Kier molecular flexibility index (Phi) is 3.53. The molecule has 2 atom stereocenters. The first-order valence-corrected chi connectivity index (χ1v) is 5.24. The van der Waals surface area contributed by atoms with Crippen LogP contribution in [0.1, 0.15) is 34.1 Å². The van der Waals surface area contributed by atoms with E-state index >= 15 is 0 Å². The number of hydrogen-bond acceptors (Lipinski definition) is 3. The summed E-state index contributed by atoms with van der Waals surface area (Å²) in [6.07, 6.45) is 1.23. The van der Waals surface area contributed by atoms with Crippen LogP contribution in [0.5, 0.6) is 0 Å². The van der Waals surface area contributed by atoms with E-state index in [0.717, 1.165) is 13.0 Å². The largest absolute Gasteiger partial charge is 0.463 e. The maximum absolute atomic E-state index is 11.4. The molecule has 0 radical (unpaired) electrons. The second-order valence-electron chi connectivity index (χ2n) is 4.89. The Morgan fingerprint density at radius 1 is 1.50 bits per heavy atom. The number of rotatable bonds is 3. The molecule has 0 aliphatic carbocycles. The van der Waals surface area contributed by atoms with Crippen molar-refractivity contribution in [2.75, 3.05) is 13.2 Å². The molecule has 2 unspecified atom stereocenters. The van der Waals surface area contributed by atoms with Gasteiger partial charge in [0.05, 0.1) is 18.1 Å². The number of carbonyl (C=O) groups excluding carboxylic acids is 1. The zero-order chi connectivity index (χ0) is 10.8. The fourth-order valence-electron chi connectivity index (χ4n) is 1.31. The summed E-state index contributed by atoms with van der Waals surface area (Å²) in [6.45, 7) is 8.92. The van der Waals surface area contributed by atoms with Gasteiger partial charge in [0.25, 0.3) is 0 Å². The van der Waals surface area contributed by atoms with Crippen LogP contribution in [0.3, 0.4) is 0 Å². The van der Waals surface area contributed by atoms with Crippen molar-refractivity contribution in [2.45, 2.75) is 40.2 Å². The zero-order valence-corrected chi connectivity index (χ0v) is 9.50. The van der Waals surface area contributed by atoms with E-state index in [1.54, 1.807) is 0 Å². The topological polar surface area (TPSA) is 35.5 Å². The maximum atomic E-state index is 11.4. The van der Waals surface area contributed by atoms with Crippen molar-refractivity contribution in [1.29, 1.82) is 0 Å². The lowest BCUT2D eigenvalue weighted by atomic mass is 9.95. The second-order valence-corrected chi connectivity index (χ2v) is 4.89. The van der Waals surface area contributed by atoms with E-state index in [1.165, 1.54) is 0 Å². The number of esters is 1. The third-order valence-electron chi connectivity index (χ3n) is 2.57. The van der Waals surface area contributed by atoms with Gasteiger partial charge in [-0.1, -0.05) is 6.92 Å². The number of hydrogen-bond donors (Lipinski definition) is 0. The average Bonchev–Trinajstić information content (AvgIpc) is 2.01. The molecule has 82 valence electrons. The quantitative estimate of drug-likeness (QED) is 0.654. The smallest absolute Gasteiger partial charge is 0.311 e. The van der Waals surface area contributed by atoms with Gasteiger partial charge in [0, 0.05) is 5.92 Å². The summed E-state index contributed by atoms with van der Waals surface area (Å²) in [5.41, 5.74) is -0.411. The predicted molar refractivity (Wildman–Crippen MR) is 53.9 cm³/mol. The molecule has 1 fully saturated rings. The molecule has 0 N–H and O–H groups in total. The van der Waals surface area contributed by atoms with Gasteiger partial charge in [-0.2, -0.15) is 0 Å². The first-order valence-electron chi connectivity index (χ1n) is 5.24. The molecule has 1 rings (SSSR count). The number of ether oxygens (including phenoxy) is 2. The van der Waals surface area contributed by atoms with Gasteiger partial charge < -0.3 is 9.47 Å². The summed E-state index contributed by atoms with van der Waals surface area (Å²) in [6, 6.07) is 0. The van der Waals surface area contributed by atoms with Crippen LogP contribution in [0.15, 0.2) is 0 Å². The Hall–Kier alpha value is -0.570. The molecule has 1 saturated heterocycles. The highest BCUT2D eigenvalue weighted by molar-refractivity contribution is 5.75. The van der Waals surface area contributed by atoms with Gasteiger partial charge in [0.2, 0.25) is 0 Å². The molecule has 0 aromatic rings. The molecule has 3 heteroatoms. The van der Waals surface area contributed by atoms with E-state index in [-0.39, 0.29) is 12.1 Å². The lowest BCUT2D eigenvalue weighted by Gasteiger charge is -2.36. The SMILES string of the molecule is CCC1COC1COC(=O)C(C)(C)C. The summed E-state index contributed by atoms with van der Waals surface area (Å²) in [7, 11) is 0. The molecular weight excluding hydrogens is 180 g/mol. The van der Waals surface area contributed by atoms with Gasteiger partial charge in [-0.3, -0.25) is 4.79 Å². The van der Waals surface area contributed by atoms with E-state index in [4.69, 9.17) is 9.47 Å². The molecule has 0 bridgehead atoms. The lowest BCUT2D eigenvalue weighted by molar-refractivity contribution is -0.174. The zero-order valence-electron chi connectivity index (χ0n) is 9.50. The van der Waals surface area contributed by atoms with E-state index in [9.17, 15) is 4.79 Å².